The van der Waals surface area contributed by atoms with E-state index in [1.807, 2.05) is 13.8 Å². The molecule has 0 bridgehead atoms. The Hall–Kier alpha value is -6.39. The number of H-pyrrole nitrogens is 1. The minimum atomic E-state index is -4.85. The number of amides is 9. The average Bonchev–Trinajstić information content (AvgIpc) is 3.87. The van der Waals surface area contributed by atoms with E-state index < -0.39 is 110 Å². The maximum Gasteiger partial charge on any atom is 0.524 e. The van der Waals surface area contributed by atoms with E-state index in [1.54, 1.807) is 0 Å². The first kappa shape index (κ1) is 50.0. The molecule has 2 aromatic rings. The molecule has 0 saturated carbocycles. The number of primary amides is 3. The summed E-state index contributed by atoms with van der Waals surface area (Å²) in [4.78, 5) is 143. The third kappa shape index (κ3) is 16.6. The number of nitrogens with zero attached hydrogens (tertiary/aromatic N) is 2. The fourth-order valence-electron chi connectivity index (χ4n) is 6.60. The van der Waals surface area contributed by atoms with Crippen molar-refractivity contribution in [3.8, 4) is 5.75 Å². The number of carbonyl (C=O) groups is 9. The Morgan fingerprint density at radius 2 is 1.44 bits per heavy atom. The number of likely N-dealkylation sites (tertiary alicyclic amines) is 1. The van der Waals surface area contributed by atoms with Crippen LogP contribution in [0.3, 0.4) is 0 Å². The fourth-order valence-corrected chi connectivity index (χ4v) is 7.00. The molecule has 3 rings (SSSR count). The Morgan fingerprint density at radius 3 is 1.97 bits per heavy atom. The number of carbonyl (C=O) groups excluding carboxylic acids is 9. The molecule has 0 spiro atoms. The monoisotopic (exact) mass is 891 g/mol. The van der Waals surface area contributed by atoms with Crippen molar-refractivity contribution in [2.24, 2.45) is 23.1 Å². The van der Waals surface area contributed by atoms with Crippen molar-refractivity contribution in [3.05, 3.63) is 48.0 Å². The molecule has 1 aliphatic heterocycles. The van der Waals surface area contributed by atoms with Crippen LogP contribution in [0.2, 0.25) is 0 Å². The third-order valence-electron chi connectivity index (χ3n) is 9.43. The molecule has 2 heterocycles. The molecule has 62 heavy (non-hydrogen) atoms. The van der Waals surface area contributed by atoms with Crippen LogP contribution in [-0.4, -0.2) is 121 Å². The molecular formula is C37H54N11O13P. The van der Waals surface area contributed by atoms with Crippen molar-refractivity contribution >= 4 is 61.0 Å². The fraction of sp³-hybridized carbons (Fsp3) is 0.514. The largest absolute Gasteiger partial charge is 0.524 e. The second-order valence-electron chi connectivity index (χ2n) is 15.1. The maximum atomic E-state index is 14.0. The summed E-state index contributed by atoms with van der Waals surface area (Å²) in [7, 11) is -4.85. The Kier molecular flexibility index (Phi) is 18.5. The van der Waals surface area contributed by atoms with Gasteiger partial charge in [-0.2, -0.15) is 0 Å². The average molecular weight is 892 g/mol. The molecule has 1 aliphatic rings. The van der Waals surface area contributed by atoms with Gasteiger partial charge in [-0.1, -0.05) is 26.0 Å². The van der Waals surface area contributed by atoms with Gasteiger partial charge in [0.2, 0.25) is 53.2 Å². The van der Waals surface area contributed by atoms with E-state index in [4.69, 9.17) is 27.0 Å². The van der Waals surface area contributed by atoms with Gasteiger partial charge in [-0.15, -0.1) is 0 Å². The Bertz CT molecular complexity index is 1990. The Morgan fingerprint density at radius 1 is 0.839 bits per heavy atom. The number of phosphoric acid groups is 1. The SMILES string of the molecule is CC(=O)N[C@@H](Cc1ccc(OP(=O)(O)O)cc1)C(=O)N[C@@H](Cc1cnc[nH]1)C(=O)N[C@@H](CC(N)=O)C(=O)N[C@@H](CCC(N)=O)C(=O)N1CCC[C@@H]1C(=O)N[C@@H](CC(C)C)C(N)=O. The van der Waals surface area contributed by atoms with E-state index in [2.05, 4.69) is 41.1 Å². The smallest absolute Gasteiger partial charge is 0.404 e. The van der Waals surface area contributed by atoms with E-state index in [0.29, 0.717) is 17.7 Å². The summed E-state index contributed by atoms with van der Waals surface area (Å²) >= 11 is 0. The zero-order chi connectivity index (χ0) is 46.3. The standard InChI is InChI=1S/C37H54N11O13P/c1-19(2)13-25(32(40)52)45-36(56)29-5-4-12-48(29)37(57)24(10-11-30(38)50)44-35(55)28(16-31(39)51)47-34(54)27(15-22-17-41-18-42-22)46-33(53)26(43-20(3)49)14-21-6-8-23(9-7-21)61-62(58,59)60/h6-9,17-19,24-29H,4-5,10-16H2,1-3H3,(H2,38,50)(H2,39,51)(H2,40,52)(H,41,42)(H,43,49)(H,44,55)(H,45,56)(H,46,53)(H,47,54)(H2,58,59,60)/t24-,25-,26-,27-,28-,29+/m0/s1. The van der Waals surface area contributed by atoms with Gasteiger partial charge in [0.15, 0.2) is 0 Å². The van der Waals surface area contributed by atoms with Gasteiger partial charge in [0.25, 0.3) is 0 Å². The predicted octanol–water partition coefficient (Wildman–Crippen LogP) is -3.23. The minimum absolute atomic E-state index is 0.00719. The maximum absolute atomic E-state index is 14.0. The summed E-state index contributed by atoms with van der Waals surface area (Å²) in [6.45, 7) is 4.87. The highest BCUT2D eigenvalue weighted by Gasteiger charge is 2.40. The summed E-state index contributed by atoms with van der Waals surface area (Å²) in [5.74, 6) is -7.88. The van der Waals surface area contributed by atoms with Gasteiger partial charge in [0, 0.05) is 44.6 Å². The lowest BCUT2D eigenvalue weighted by atomic mass is 10.0. The van der Waals surface area contributed by atoms with Gasteiger partial charge in [-0.05, 0) is 49.3 Å². The Labute approximate surface area is 355 Å². The topological polar surface area (TPSA) is 391 Å². The number of hydrogen-bond acceptors (Lipinski definition) is 12. The van der Waals surface area contributed by atoms with Gasteiger partial charge in [0.1, 0.15) is 42.0 Å². The van der Waals surface area contributed by atoms with Crippen LogP contribution in [-0.2, 0) is 60.6 Å². The second kappa shape index (κ2) is 23.0. The van der Waals surface area contributed by atoms with Crippen molar-refractivity contribution in [3.63, 3.8) is 0 Å². The normalized spacial score (nSPS) is 16.2. The lowest BCUT2D eigenvalue weighted by Crippen LogP contribution is -2.60. The van der Waals surface area contributed by atoms with Crippen molar-refractivity contribution < 1.29 is 62.0 Å². The van der Waals surface area contributed by atoms with E-state index in [1.165, 1.54) is 41.7 Å². The number of aromatic nitrogens is 2. The second-order valence-corrected chi connectivity index (χ2v) is 16.3. The highest BCUT2D eigenvalue weighted by Crippen LogP contribution is 2.37. The van der Waals surface area contributed by atoms with Crippen LogP contribution in [0.1, 0.15) is 70.6 Å². The van der Waals surface area contributed by atoms with Gasteiger partial charge in [-0.3, -0.25) is 52.9 Å². The summed E-state index contributed by atoms with van der Waals surface area (Å²) < 4.78 is 15.7. The molecule has 25 heteroatoms. The number of nitrogens with one attached hydrogen (secondary N) is 6. The number of rotatable bonds is 24. The van der Waals surface area contributed by atoms with Crippen molar-refractivity contribution in [2.45, 2.75) is 108 Å². The highest BCUT2D eigenvalue weighted by atomic mass is 31.2. The first-order chi connectivity index (χ1) is 29.0. The predicted molar refractivity (Wildman–Crippen MR) is 216 cm³/mol. The summed E-state index contributed by atoms with van der Waals surface area (Å²) in [5, 5.41) is 12.4. The van der Waals surface area contributed by atoms with E-state index in [9.17, 15) is 47.7 Å². The first-order valence-electron chi connectivity index (χ1n) is 19.5. The van der Waals surface area contributed by atoms with Crippen LogP contribution in [0.5, 0.6) is 5.75 Å². The van der Waals surface area contributed by atoms with Crippen LogP contribution in [0.15, 0.2) is 36.8 Å². The first-order valence-corrected chi connectivity index (χ1v) is 21.0. The summed E-state index contributed by atoms with van der Waals surface area (Å²) in [6.07, 6.45) is 1.51. The molecular weight excluding hydrogens is 837 g/mol. The van der Waals surface area contributed by atoms with Gasteiger partial charge in [-0.25, -0.2) is 9.55 Å². The van der Waals surface area contributed by atoms with Crippen LogP contribution in [0, 0.1) is 5.92 Å². The van der Waals surface area contributed by atoms with Crippen LogP contribution >= 0.6 is 7.82 Å². The quantitative estimate of drug-likeness (QED) is 0.0462. The lowest BCUT2D eigenvalue weighted by molar-refractivity contribution is -0.143. The van der Waals surface area contributed by atoms with Gasteiger partial charge in [0.05, 0.1) is 12.7 Å². The number of phosphoric ester groups is 1. The highest BCUT2D eigenvalue weighted by molar-refractivity contribution is 7.46. The van der Waals surface area contributed by atoms with Crippen LogP contribution in [0.25, 0.3) is 0 Å². The number of aromatic amines is 1. The van der Waals surface area contributed by atoms with E-state index in [0.717, 1.165) is 6.92 Å². The van der Waals surface area contributed by atoms with Crippen molar-refractivity contribution in [1.29, 1.82) is 0 Å². The summed E-state index contributed by atoms with van der Waals surface area (Å²) in [5.41, 5.74) is 17.1. The van der Waals surface area contributed by atoms with Crippen molar-refractivity contribution in [1.82, 2.24) is 41.5 Å². The van der Waals surface area contributed by atoms with E-state index in [-0.39, 0.29) is 50.3 Å². The minimum Gasteiger partial charge on any atom is -0.404 e. The van der Waals surface area contributed by atoms with Crippen molar-refractivity contribution in [2.75, 3.05) is 6.54 Å². The van der Waals surface area contributed by atoms with E-state index >= 15 is 0 Å². The van der Waals surface area contributed by atoms with Crippen LogP contribution in [0.4, 0.5) is 0 Å². The molecule has 0 unspecified atom stereocenters. The molecule has 1 aromatic heterocycles. The van der Waals surface area contributed by atoms with Gasteiger partial charge >= 0.3 is 7.82 Å². The zero-order valence-corrected chi connectivity index (χ0v) is 35.2. The number of benzene rings is 1. The molecule has 1 saturated heterocycles. The zero-order valence-electron chi connectivity index (χ0n) is 34.3. The molecule has 6 atom stereocenters. The van der Waals surface area contributed by atoms with Crippen LogP contribution < -0.4 is 48.3 Å². The van der Waals surface area contributed by atoms with Gasteiger partial charge < -0.3 is 58.2 Å². The molecule has 24 nitrogen and oxygen atoms in total. The molecule has 1 fully saturated rings. The molecule has 1 aromatic carbocycles. The summed E-state index contributed by atoms with van der Waals surface area (Å²) in [6, 6.07) is -2.91. The number of imidazole rings is 1. The number of nitrogens with two attached hydrogens (primary N) is 3. The molecule has 14 N–H and O–H groups in total. The number of hydrogen-bond donors (Lipinski definition) is 11. The molecule has 0 radical (unpaired) electrons. The lowest BCUT2D eigenvalue weighted by Gasteiger charge is -2.30. The molecule has 0 aliphatic carbocycles. The Balaban J connectivity index is 1.86. The molecule has 9 amide bonds. The third-order valence-corrected chi connectivity index (χ3v) is 9.88. The molecule has 340 valence electrons.